The summed E-state index contributed by atoms with van der Waals surface area (Å²) in [6, 6.07) is 6.73. The van der Waals surface area contributed by atoms with Crippen molar-refractivity contribution in [3.8, 4) is 5.75 Å². The van der Waals surface area contributed by atoms with Gasteiger partial charge < -0.3 is 10.1 Å². The van der Waals surface area contributed by atoms with Crippen LogP contribution in [0.15, 0.2) is 41.3 Å². The van der Waals surface area contributed by atoms with Crippen LogP contribution in [0, 0.1) is 11.6 Å². The molecule has 2 N–H and O–H groups in total. The zero-order chi connectivity index (χ0) is 18.6. The van der Waals surface area contributed by atoms with Gasteiger partial charge in [-0.2, -0.15) is 0 Å². The largest absolute Gasteiger partial charge is 0.495 e. The molecule has 134 valence electrons. The van der Waals surface area contributed by atoms with Gasteiger partial charge in [0.1, 0.15) is 10.6 Å². The Hall–Kier alpha value is -2.52. The van der Waals surface area contributed by atoms with Gasteiger partial charge in [0.2, 0.25) is 10.0 Å². The third-order valence-corrected chi connectivity index (χ3v) is 4.79. The number of carbonyl (C=O) groups is 1. The topological polar surface area (TPSA) is 84.5 Å². The zero-order valence-corrected chi connectivity index (χ0v) is 14.3. The molecule has 2 rings (SSSR count). The molecule has 0 saturated carbocycles. The first-order valence-corrected chi connectivity index (χ1v) is 8.71. The molecule has 1 amide bonds. The van der Waals surface area contributed by atoms with E-state index in [1.807, 2.05) is 0 Å². The van der Waals surface area contributed by atoms with Crippen molar-refractivity contribution in [3.05, 3.63) is 53.6 Å². The smallest absolute Gasteiger partial charge is 0.255 e. The number of benzene rings is 2. The molecule has 0 aliphatic heterocycles. The van der Waals surface area contributed by atoms with E-state index in [-0.39, 0.29) is 28.4 Å². The summed E-state index contributed by atoms with van der Waals surface area (Å²) in [6.45, 7) is 1.78. The number of methoxy groups -OCH3 is 1. The number of hydrogen-bond acceptors (Lipinski definition) is 4. The highest BCUT2D eigenvalue weighted by Gasteiger charge is 2.21. The van der Waals surface area contributed by atoms with Gasteiger partial charge in [0.05, 0.1) is 7.11 Å². The molecule has 0 fully saturated rings. The lowest BCUT2D eigenvalue weighted by Crippen LogP contribution is -2.24. The lowest BCUT2D eigenvalue weighted by Gasteiger charge is -2.12. The van der Waals surface area contributed by atoms with E-state index in [1.165, 1.54) is 25.3 Å². The predicted octanol–water partition coefficient (Wildman–Crippen LogP) is 2.52. The molecule has 0 aliphatic rings. The van der Waals surface area contributed by atoms with Crippen molar-refractivity contribution in [3.63, 3.8) is 0 Å². The van der Waals surface area contributed by atoms with E-state index in [9.17, 15) is 22.0 Å². The molecule has 2 aromatic carbocycles. The molecule has 0 bridgehead atoms. The summed E-state index contributed by atoms with van der Waals surface area (Å²) in [4.78, 5) is 12.1. The number of carbonyl (C=O) groups excluding carboxylic acids is 1. The molecular weight excluding hydrogens is 354 g/mol. The average molecular weight is 370 g/mol. The van der Waals surface area contributed by atoms with Gasteiger partial charge in [-0.25, -0.2) is 21.9 Å². The first kappa shape index (κ1) is 18.8. The second-order valence-electron chi connectivity index (χ2n) is 4.95. The average Bonchev–Trinajstić information content (AvgIpc) is 2.57. The van der Waals surface area contributed by atoms with E-state index >= 15 is 0 Å². The Morgan fingerprint density at radius 1 is 1.12 bits per heavy atom. The summed E-state index contributed by atoms with van der Waals surface area (Å²) >= 11 is 0. The molecule has 0 heterocycles. The summed E-state index contributed by atoms with van der Waals surface area (Å²) < 4.78 is 57.9. The van der Waals surface area contributed by atoms with Gasteiger partial charge >= 0.3 is 0 Å². The SMILES string of the molecule is CCNS(=O)(=O)c1cc(C(=O)Nc2ccc(F)c(F)c2)ccc1OC. The molecule has 0 aromatic heterocycles. The molecule has 0 radical (unpaired) electrons. The number of amides is 1. The third kappa shape index (κ3) is 4.31. The maximum atomic E-state index is 13.2. The second-order valence-corrected chi connectivity index (χ2v) is 6.69. The van der Waals surface area contributed by atoms with Crippen molar-refractivity contribution >= 4 is 21.6 Å². The maximum absolute atomic E-state index is 13.2. The van der Waals surface area contributed by atoms with Crippen molar-refractivity contribution in [2.24, 2.45) is 0 Å². The number of rotatable bonds is 6. The van der Waals surface area contributed by atoms with Crippen LogP contribution in [-0.4, -0.2) is 28.0 Å². The molecule has 0 atom stereocenters. The number of anilines is 1. The highest BCUT2D eigenvalue weighted by atomic mass is 32.2. The van der Waals surface area contributed by atoms with Crippen LogP contribution in [0.5, 0.6) is 5.75 Å². The molecule has 6 nitrogen and oxygen atoms in total. The van der Waals surface area contributed by atoms with Crippen LogP contribution >= 0.6 is 0 Å². The van der Waals surface area contributed by atoms with Crippen LogP contribution in [0.2, 0.25) is 0 Å². The Bertz CT molecular complexity index is 901. The van der Waals surface area contributed by atoms with E-state index < -0.39 is 27.6 Å². The van der Waals surface area contributed by atoms with Gasteiger partial charge in [0.15, 0.2) is 11.6 Å². The fraction of sp³-hybridized carbons (Fsp3) is 0.188. The normalized spacial score (nSPS) is 11.2. The second kappa shape index (κ2) is 7.58. The summed E-state index contributed by atoms with van der Waals surface area (Å²) in [5.74, 6) is -2.75. The summed E-state index contributed by atoms with van der Waals surface area (Å²) in [5, 5.41) is 2.37. The van der Waals surface area contributed by atoms with Crippen LogP contribution in [0.4, 0.5) is 14.5 Å². The van der Waals surface area contributed by atoms with Crippen LogP contribution in [0.3, 0.4) is 0 Å². The van der Waals surface area contributed by atoms with Crippen molar-refractivity contribution in [1.29, 1.82) is 0 Å². The molecule has 0 unspecified atom stereocenters. The highest BCUT2D eigenvalue weighted by molar-refractivity contribution is 7.89. The van der Waals surface area contributed by atoms with Crippen LogP contribution in [-0.2, 0) is 10.0 Å². The predicted molar refractivity (Wildman–Crippen MR) is 88.2 cm³/mol. The molecule has 9 heteroatoms. The third-order valence-electron chi connectivity index (χ3n) is 3.23. The maximum Gasteiger partial charge on any atom is 0.255 e. The van der Waals surface area contributed by atoms with E-state index in [0.717, 1.165) is 18.2 Å². The van der Waals surface area contributed by atoms with Crippen LogP contribution in [0.25, 0.3) is 0 Å². The fourth-order valence-corrected chi connectivity index (χ4v) is 3.31. The molecule has 25 heavy (non-hydrogen) atoms. The Labute approximate surface area is 143 Å². The van der Waals surface area contributed by atoms with Crippen LogP contribution < -0.4 is 14.8 Å². The van der Waals surface area contributed by atoms with Crippen molar-refractivity contribution in [1.82, 2.24) is 4.72 Å². The monoisotopic (exact) mass is 370 g/mol. The van der Waals surface area contributed by atoms with Crippen molar-refractivity contribution in [2.45, 2.75) is 11.8 Å². The van der Waals surface area contributed by atoms with E-state index in [2.05, 4.69) is 10.0 Å². The van der Waals surface area contributed by atoms with Gasteiger partial charge in [0, 0.05) is 23.9 Å². The number of nitrogens with one attached hydrogen (secondary N) is 2. The van der Waals surface area contributed by atoms with Crippen molar-refractivity contribution in [2.75, 3.05) is 19.0 Å². The number of hydrogen-bond donors (Lipinski definition) is 2. The van der Waals surface area contributed by atoms with Crippen LogP contribution in [0.1, 0.15) is 17.3 Å². The van der Waals surface area contributed by atoms with E-state index in [4.69, 9.17) is 4.74 Å². The van der Waals surface area contributed by atoms with Gasteiger partial charge in [-0.1, -0.05) is 6.92 Å². The number of ether oxygens (including phenoxy) is 1. The zero-order valence-electron chi connectivity index (χ0n) is 13.5. The first-order chi connectivity index (χ1) is 11.8. The molecule has 2 aromatic rings. The minimum Gasteiger partial charge on any atom is -0.495 e. The fourth-order valence-electron chi connectivity index (χ4n) is 2.07. The van der Waals surface area contributed by atoms with E-state index in [0.29, 0.717) is 0 Å². The quantitative estimate of drug-likeness (QED) is 0.818. The van der Waals surface area contributed by atoms with Gasteiger partial charge in [-0.15, -0.1) is 0 Å². The first-order valence-electron chi connectivity index (χ1n) is 7.22. The Kier molecular flexibility index (Phi) is 5.70. The lowest BCUT2D eigenvalue weighted by molar-refractivity contribution is 0.102. The number of sulfonamides is 1. The lowest BCUT2D eigenvalue weighted by atomic mass is 10.2. The molecular formula is C16H16F2N2O4S. The van der Waals surface area contributed by atoms with Crippen molar-refractivity contribution < 1.29 is 26.7 Å². The van der Waals surface area contributed by atoms with E-state index in [1.54, 1.807) is 6.92 Å². The summed E-state index contributed by atoms with van der Waals surface area (Å²) in [6.07, 6.45) is 0. The molecule has 0 spiro atoms. The number of halogens is 2. The standard InChI is InChI=1S/C16H16F2N2O4S/c1-3-19-25(22,23)15-8-10(4-7-14(15)24-2)16(21)20-11-5-6-12(17)13(18)9-11/h4-9,19H,3H2,1-2H3,(H,20,21). The molecule has 0 aliphatic carbocycles. The Morgan fingerprint density at radius 2 is 1.84 bits per heavy atom. The minimum absolute atomic E-state index is 0.0158. The van der Waals surface area contributed by atoms with Gasteiger partial charge in [-0.3, -0.25) is 4.79 Å². The molecule has 0 saturated heterocycles. The minimum atomic E-state index is -3.86. The summed E-state index contributed by atoms with van der Waals surface area (Å²) in [7, 11) is -2.55. The Morgan fingerprint density at radius 3 is 2.44 bits per heavy atom. The highest BCUT2D eigenvalue weighted by Crippen LogP contribution is 2.25. The summed E-state index contributed by atoms with van der Waals surface area (Å²) in [5.41, 5.74) is 0.0535. The van der Waals surface area contributed by atoms with Gasteiger partial charge in [-0.05, 0) is 30.3 Å². The van der Waals surface area contributed by atoms with Gasteiger partial charge in [0.25, 0.3) is 5.91 Å². The Balaban J connectivity index is 2.35.